The normalized spacial score (nSPS) is 10.5. The molecule has 0 spiro atoms. The Morgan fingerprint density at radius 2 is 2.05 bits per heavy atom. The van der Waals surface area contributed by atoms with E-state index in [1.165, 1.54) is 16.8 Å². The van der Waals surface area contributed by atoms with Gasteiger partial charge in [-0.25, -0.2) is 4.79 Å². The number of rotatable bonds is 4. The maximum absolute atomic E-state index is 12.2. The summed E-state index contributed by atoms with van der Waals surface area (Å²) in [6, 6.07) is 6.58. The largest absolute Gasteiger partial charge is 0.462 e. The number of benzene rings is 1. The molecule has 1 aromatic heterocycles. The van der Waals surface area contributed by atoms with Gasteiger partial charge in [0, 0.05) is 16.2 Å². The maximum atomic E-state index is 12.2. The zero-order valence-corrected chi connectivity index (χ0v) is 15.3. The fourth-order valence-corrected chi connectivity index (χ4v) is 2.99. The Kier molecular flexibility index (Phi) is 5.88. The van der Waals surface area contributed by atoms with Crippen molar-refractivity contribution in [3.8, 4) is 0 Å². The standard InChI is InChI=1S/C15H12Cl2INO3/c1-2-22-15(21)10-5-13(18)14(20)19(8-10)7-9-3-4-11(16)6-12(9)17/h3-6,8H,2,7H2,1H3. The number of hydrogen-bond donors (Lipinski definition) is 0. The molecule has 0 fully saturated rings. The molecule has 1 heterocycles. The van der Waals surface area contributed by atoms with E-state index in [4.69, 9.17) is 27.9 Å². The van der Waals surface area contributed by atoms with Crippen LogP contribution in [0.3, 0.4) is 0 Å². The van der Waals surface area contributed by atoms with Crippen molar-refractivity contribution in [2.75, 3.05) is 6.61 Å². The molecule has 4 nitrogen and oxygen atoms in total. The van der Waals surface area contributed by atoms with Crippen LogP contribution in [0.2, 0.25) is 10.0 Å². The molecule has 0 atom stereocenters. The van der Waals surface area contributed by atoms with E-state index in [0.29, 0.717) is 19.2 Å². The highest BCUT2D eigenvalue weighted by atomic mass is 127. The first-order valence-electron chi connectivity index (χ1n) is 6.43. The third kappa shape index (κ3) is 4.02. The minimum Gasteiger partial charge on any atom is -0.462 e. The number of carbonyl (C=O) groups is 1. The average molecular weight is 452 g/mol. The molecule has 2 rings (SSSR count). The lowest BCUT2D eigenvalue weighted by molar-refractivity contribution is 0.0525. The van der Waals surface area contributed by atoms with E-state index in [9.17, 15) is 9.59 Å². The van der Waals surface area contributed by atoms with Crippen LogP contribution in [0.4, 0.5) is 0 Å². The summed E-state index contributed by atoms with van der Waals surface area (Å²) in [5.74, 6) is -0.462. The molecule has 1 aromatic carbocycles. The van der Waals surface area contributed by atoms with E-state index in [0.717, 1.165) is 5.56 Å². The fourth-order valence-electron chi connectivity index (χ4n) is 1.88. The van der Waals surface area contributed by atoms with Gasteiger partial charge in [-0.1, -0.05) is 29.3 Å². The van der Waals surface area contributed by atoms with Crippen LogP contribution in [0.5, 0.6) is 0 Å². The Morgan fingerprint density at radius 3 is 2.68 bits per heavy atom. The Morgan fingerprint density at radius 1 is 1.32 bits per heavy atom. The third-order valence-electron chi connectivity index (χ3n) is 2.91. The van der Waals surface area contributed by atoms with Gasteiger partial charge in [0.1, 0.15) is 0 Å². The second kappa shape index (κ2) is 7.48. The molecule has 0 amide bonds. The summed E-state index contributed by atoms with van der Waals surface area (Å²) in [6.07, 6.45) is 1.48. The van der Waals surface area contributed by atoms with Crippen molar-refractivity contribution in [1.29, 1.82) is 0 Å². The molecule has 0 aliphatic carbocycles. The molecule has 0 aliphatic rings. The van der Waals surface area contributed by atoms with Gasteiger partial charge in [-0.15, -0.1) is 0 Å². The Labute approximate surface area is 151 Å². The van der Waals surface area contributed by atoms with E-state index in [-0.39, 0.29) is 18.7 Å². The summed E-state index contributed by atoms with van der Waals surface area (Å²) < 4.78 is 6.84. The second-order valence-corrected chi connectivity index (χ2v) is 6.47. The molecule has 22 heavy (non-hydrogen) atoms. The lowest BCUT2D eigenvalue weighted by Crippen LogP contribution is -2.24. The molecule has 0 N–H and O–H groups in total. The summed E-state index contributed by atoms with van der Waals surface area (Å²) in [5.41, 5.74) is 0.876. The lowest BCUT2D eigenvalue weighted by Gasteiger charge is -2.11. The van der Waals surface area contributed by atoms with Gasteiger partial charge in [0.25, 0.3) is 5.56 Å². The molecule has 0 saturated heterocycles. The van der Waals surface area contributed by atoms with Crippen LogP contribution in [-0.4, -0.2) is 17.1 Å². The molecule has 0 unspecified atom stereocenters. The summed E-state index contributed by atoms with van der Waals surface area (Å²) >= 11 is 13.9. The van der Waals surface area contributed by atoms with Crippen LogP contribution in [0, 0.1) is 3.57 Å². The summed E-state index contributed by atoms with van der Waals surface area (Å²) in [5, 5.41) is 0.992. The van der Waals surface area contributed by atoms with Crippen LogP contribution >= 0.6 is 45.8 Å². The van der Waals surface area contributed by atoms with E-state index in [1.807, 2.05) is 22.6 Å². The maximum Gasteiger partial charge on any atom is 0.339 e. The predicted molar refractivity (Wildman–Crippen MR) is 94.9 cm³/mol. The summed E-state index contributed by atoms with van der Waals surface area (Å²) in [7, 11) is 0. The van der Waals surface area contributed by atoms with Crippen LogP contribution in [0.25, 0.3) is 0 Å². The molecule has 0 bridgehead atoms. The van der Waals surface area contributed by atoms with Crippen molar-refractivity contribution in [3.05, 3.63) is 65.6 Å². The van der Waals surface area contributed by atoms with Gasteiger partial charge < -0.3 is 9.30 Å². The van der Waals surface area contributed by atoms with Gasteiger partial charge in [0.05, 0.1) is 22.3 Å². The Bertz CT molecular complexity index is 774. The first-order chi connectivity index (χ1) is 10.4. The smallest absolute Gasteiger partial charge is 0.339 e. The number of pyridine rings is 1. The highest BCUT2D eigenvalue weighted by molar-refractivity contribution is 14.1. The monoisotopic (exact) mass is 451 g/mol. The van der Waals surface area contributed by atoms with Crippen molar-refractivity contribution >= 4 is 51.8 Å². The van der Waals surface area contributed by atoms with E-state index in [2.05, 4.69) is 0 Å². The predicted octanol–water partition coefficient (Wildman–Crippen LogP) is 3.98. The van der Waals surface area contributed by atoms with Gasteiger partial charge in [-0.2, -0.15) is 0 Å². The van der Waals surface area contributed by atoms with Gasteiger partial charge in [-0.3, -0.25) is 4.79 Å². The van der Waals surface area contributed by atoms with Crippen molar-refractivity contribution in [2.45, 2.75) is 13.5 Å². The van der Waals surface area contributed by atoms with Crippen LogP contribution in [-0.2, 0) is 11.3 Å². The van der Waals surface area contributed by atoms with Gasteiger partial charge in [0.15, 0.2) is 0 Å². The number of carbonyl (C=O) groups excluding carboxylic acids is 1. The molecule has 116 valence electrons. The van der Waals surface area contributed by atoms with Crippen LogP contribution in [0.15, 0.2) is 35.3 Å². The van der Waals surface area contributed by atoms with Crippen LogP contribution in [0.1, 0.15) is 22.8 Å². The first-order valence-corrected chi connectivity index (χ1v) is 8.27. The number of esters is 1. The molecule has 2 aromatic rings. The minimum absolute atomic E-state index is 0.195. The van der Waals surface area contributed by atoms with Gasteiger partial charge >= 0.3 is 5.97 Å². The topological polar surface area (TPSA) is 48.3 Å². The Balaban J connectivity index is 2.42. The van der Waals surface area contributed by atoms with Crippen molar-refractivity contribution in [1.82, 2.24) is 4.57 Å². The SMILES string of the molecule is CCOC(=O)c1cc(I)c(=O)n(Cc2ccc(Cl)cc2Cl)c1. The molecule has 0 aliphatic heterocycles. The Hall–Kier alpha value is -1.05. The number of hydrogen-bond acceptors (Lipinski definition) is 3. The first kappa shape index (κ1) is 17.3. The van der Waals surface area contributed by atoms with Gasteiger partial charge in [0.2, 0.25) is 0 Å². The molecular weight excluding hydrogens is 440 g/mol. The van der Waals surface area contributed by atoms with Crippen LogP contribution < -0.4 is 5.56 Å². The summed E-state index contributed by atoms with van der Waals surface area (Å²) in [6.45, 7) is 2.25. The number of aromatic nitrogens is 1. The van der Waals surface area contributed by atoms with Crippen molar-refractivity contribution < 1.29 is 9.53 Å². The lowest BCUT2D eigenvalue weighted by atomic mass is 10.2. The highest BCUT2D eigenvalue weighted by Gasteiger charge is 2.13. The molecule has 7 heteroatoms. The zero-order chi connectivity index (χ0) is 16.3. The van der Waals surface area contributed by atoms with Crippen molar-refractivity contribution in [2.24, 2.45) is 0 Å². The number of halogens is 3. The molecule has 0 radical (unpaired) electrons. The quantitative estimate of drug-likeness (QED) is 0.521. The molecular formula is C15H12Cl2INO3. The van der Waals surface area contributed by atoms with E-state index >= 15 is 0 Å². The van der Waals surface area contributed by atoms with E-state index < -0.39 is 5.97 Å². The van der Waals surface area contributed by atoms with Gasteiger partial charge in [-0.05, 0) is 53.3 Å². The van der Waals surface area contributed by atoms with Crippen molar-refractivity contribution in [3.63, 3.8) is 0 Å². The fraction of sp³-hybridized carbons (Fsp3) is 0.200. The zero-order valence-electron chi connectivity index (χ0n) is 11.6. The number of nitrogens with zero attached hydrogens (tertiary/aromatic N) is 1. The second-order valence-electron chi connectivity index (χ2n) is 4.47. The number of ether oxygens (including phenoxy) is 1. The summed E-state index contributed by atoms with van der Waals surface area (Å²) in [4.78, 5) is 24.1. The highest BCUT2D eigenvalue weighted by Crippen LogP contribution is 2.21. The molecule has 0 saturated carbocycles. The average Bonchev–Trinajstić information content (AvgIpc) is 2.46. The van der Waals surface area contributed by atoms with E-state index in [1.54, 1.807) is 25.1 Å². The minimum atomic E-state index is -0.462. The third-order valence-corrected chi connectivity index (χ3v) is 4.27.